The van der Waals surface area contributed by atoms with Crippen LogP contribution < -0.4 is 9.46 Å². The summed E-state index contributed by atoms with van der Waals surface area (Å²) in [5, 5.41) is 0. The molecule has 0 aliphatic carbocycles. The topological polar surface area (TPSA) is 55.4 Å². The van der Waals surface area contributed by atoms with Crippen LogP contribution in [0.5, 0.6) is 5.75 Å². The summed E-state index contributed by atoms with van der Waals surface area (Å²) in [7, 11) is -3.38. The first kappa shape index (κ1) is 15.0. The van der Waals surface area contributed by atoms with Crippen LogP contribution in [-0.4, -0.2) is 21.6 Å². The second-order valence-electron chi connectivity index (χ2n) is 4.07. The maximum Gasteiger partial charge on any atom is 0.240 e. The van der Waals surface area contributed by atoms with Gasteiger partial charge in [0.25, 0.3) is 0 Å². The zero-order chi connectivity index (χ0) is 13.4. The fraction of sp³-hybridized carbons (Fsp3) is 0.538. The van der Waals surface area contributed by atoms with Gasteiger partial charge in [-0.15, -0.1) is 0 Å². The Labute approximate surface area is 109 Å². The molecule has 0 atom stereocenters. The average molecular weight is 271 g/mol. The Bertz CT molecular complexity index is 440. The minimum atomic E-state index is -3.38. The molecule has 0 heterocycles. The number of hydrogen-bond acceptors (Lipinski definition) is 3. The molecular weight excluding hydrogens is 250 g/mol. The predicted octanol–water partition coefficient (Wildman–Crippen LogP) is 2.55. The highest BCUT2D eigenvalue weighted by Crippen LogP contribution is 2.16. The highest BCUT2D eigenvalue weighted by molar-refractivity contribution is 7.89. The molecule has 0 bridgehead atoms. The number of hydrogen-bond donors (Lipinski definition) is 1. The second kappa shape index (κ2) is 7.38. The lowest BCUT2D eigenvalue weighted by Crippen LogP contribution is -2.24. The number of benzene rings is 1. The largest absolute Gasteiger partial charge is 0.494 e. The van der Waals surface area contributed by atoms with Crippen molar-refractivity contribution in [1.82, 2.24) is 4.72 Å². The van der Waals surface area contributed by atoms with Gasteiger partial charge >= 0.3 is 0 Å². The summed E-state index contributed by atoms with van der Waals surface area (Å²) in [6, 6.07) is 6.51. The molecule has 0 aromatic heterocycles. The fourth-order valence-corrected chi connectivity index (χ4v) is 2.48. The Morgan fingerprint density at radius 1 is 1.11 bits per heavy atom. The van der Waals surface area contributed by atoms with Crippen LogP contribution >= 0.6 is 0 Å². The number of unbranched alkanes of at least 4 members (excludes halogenated alkanes) is 1. The highest BCUT2D eigenvalue weighted by atomic mass is 32.2. The molecule has 0 unspecified atom stereocenters. The molecular formula is C13H21NO3S. The van der Waals surface area contributed by atoms with E-state index in [1.807, 2.05) is 13.8 Å². The van der Waals surface area contributed by atoms with Gasteiger partial charge in [-0.2, -0.15) is 0 Å². The van der Waals surface area contributed by atoms with Gasteiger partial charge in [0.15, 0.2) is 0 Å². The Morgan fingerprint density at radius 3 is 2.33 bits per heavy atom. The first-order valence-electron chi connectivity index (χ1n) is 6.32. The summed E-state index contributed by atoms with van der Waals surface area (Å²) in [6.07, 6.45) is 2.74. The van der Waals surface area contributed by atoms with E-state index < -0.39 is 10.0 Å². The number of nitrogens with one attached hydrogen (secondary N) is 1. The SMILES string of the molecule is CCCCNS(=O)(=O)c1ccc(OCCC)cc1. The smallest absolute Gasteiger partial charge is 0.240 e. The summed E-state index contributed by atoms with van der Waals surface area (Å²) in [4.78, 5) is 0.280. The van der Waals surface area contributed by atoms with Crippen LogP contribution in [0.4, 0.5) is 0 Å². The molecule has 0 spiro atoms. The molecule has 1 N–H and O–H groups in total. The van der Waals surface area contributed by atoms with Crippen molar-refractivity contribution >= 4 is 10.0 Å². The summed E-state index contributed by atoms with van der Waals surface area (Å²) >= 11 is 0. The Hall–Kier alpha value is -1.07. The van der Waals surface area contributed by atoms with Crippen LogP contribution in [0.1, 0.15) is 33.1 Å². The van der Waals surface area contributed by atoms with Crippen LogP contribution in [0.25, 0.3) is 0 Å². The van der Waals surface area contributed by atoms with Crippen molar-refractivity contribution in [3.05, 3.63) is 24.3 Å². The van der Waals surface area contributed by atoms with Gasteiger partial charge in [-0.1, -0.05) is 20.3 Å². The van der Waals surface area contributed by atoms with Crippen LogP contribution in [0.2, 0.25) is 0 Å². The van der Waals surface area contributed by atoms with Gasteiger partial charge in [-0.25, -0.2) is 13.1 Å². The maximum atomic E-state index is 11.9. The molecule has 0 saturated carbocycles. The highest BCUT2D eigenvalue weighted by Gasteiger charge is 2.12. The minimum Gasteiger partial charge on any atom is -0.494 e. The molecule has 4 nitrogen and oxygen atoms in total. The lowest BCUT2D eigenvalue weighted by molar-refractivity contribution is 0.317. The Balaban J connectivity index is 2.65. The van der Waals surface area contributed by atoms with Gasteiger partial charge in [-0.3, -0.25) is 0 Å². The van der Waals surface area contributed by atoms with Gasteiger partial charge in [-0.05, 0) is 37.1 Å². The molecule has 5 heteroatoms. The van der Waals surface area contributed by atoms with Crippen molar-refractivity contribution in [3.8, 4) is 5.75 Å². The van der Waals surface area contributed by atoms with Crippen molar-refractivity contribution in [3.63, 3.8) is 0 Å². The molecule has 0 fully saturated rings. The zero-order valence-corrected chi connectivity index (χ0v) is 11.8. The molecule has 1 aromatic rings. The van der Waals surface area contributed by atoms with Gasteiger partial charge in [0.05, 0.1) is 11.5 Å². The normalized spacial score (nSPS) is 11.4. The van der Waals surface area contributed by atoms with Gasteiger partial charge < -0.3 is 4.74 Å². The first-order valence-corrected chi connectivity index (χ1v) is 7.81. The third-order valence-corrected chi connectivity index (χ3v) is 3.91. The summed E-state index contributed by atoms with van der Waals surface area (Å²) < 4.78 is 31.7. The minimum absolute atomic E-state index is 0.280. The van der Waals surface area contributed by atoms with E-state index >= 15 is 0 Å². The number of rotatable bonds is 8. The summed E-state index contributed by atoms with van der Waals surface area (Å²) in [5.74, 6) is 0.698. The van der Waals surface area contributed by atoms with Crippen LogP contribution in [0.3, 0.4) is 0 Å². The predicted molar refractivity (Wildman–Crippen MR) is 72.3 cm³/mol. The zero-order valence-electron chi connectivity index (χ0n) is 11.0. The first-order chi connectivity index (χ1) is 8.60. The van der Waals surface area contributed by atoms with Crippen LogP contribution in [-0.2, 0) is 10.0 Å². The van der Waals surface area contributed by atoms with E-state index in [1.54, 1.807) is 24.3 Å². The monoisotopic (exact) mass is 271 g/mol. The molecule has 1 aromatic carbocycles. The molecule has 0 aliphatic heterocycles. The third-order valence-electron chi connectivity index (χ3n) is 2.43. The van der Waals surface area contributed by atoms with Crippen LogP contribution in [0, 0.1) is 0 Å². The van der Waals surface area contributed by atoms with Crippen molar-refractivity contribution in [2.75, 3.05) is 13.2 Å². The van der Waals surface area contributed by atoms with E-state index in [4.69, 9.17) is 4.74 Å². The van der Waals surface area contributed by atoms with Gasteiger partial charge in [0.1, 0.15) is 5.75 Å². The van der Waals surface area contributed by atoms with E-state index in [0.29, 0.717) is 18.9 Å². The van der Waals surface area contributed by atoms with Crippen molar-refractivity contribution in [2.24, 2.45) is 0 Å². The maximum absolute atomic E-state index is 11.9. The molecule has 18 heavy (non-hydrogen) atoms. The Morgan fingerprint density at radius 2 is 1.78 bits per heavy atom. The van der Waals surface area contributed by atoms with Gasteiger partial charge in [0.2, 0.25) is 10.0 Å². The molecule has 102 valence electrons. The molecule has 0 amide bonds. The number of ether oxygens (including phenoxy) is 1. The second-order valence-corrected chi connectivity index (χ2v) is 5.84. The number of sulfonamides is 1. The van der Waals surface area contributed by atoms with E-state index in [9.17, 15) is 8.42 Å². The Kier molecular flexibility index (Phi) is 6.15. The molecule has 0 aliphatic rings. The summed E-state index contributed by atoms with van der Waals surface area (Å²) in [6.45, 7) is 5.17. The standard InChI is InChI=1S/C13H21NO3S/c1-3-5-10-14-18(15,16)13-8-6-12(7-9-13)17-11-4-2/h6-9,14H,3-5,10-11H2,1-2H3. The lowest BCUT2D eigenvalue weighted by Gasteiger charge is -2.08. The average Bonchev–Trinajstić information content (AvgIpc) is 2.37. The van der Waals surface area contributed by atoms with Crippen molar-refractivity contribution in [1.29, 1.82) is 0 Å². The van der Waals surface area contributed by atoms with Crippen molar-refractivity contribution in [2.45, 2.75) is 38.0 Å². The quantitative estimate of drug-likeness (QED) is 0.739. The van der Waals surface area contributed by atoms with Crippen molar-refractivity contribution < 1.29 is 13.2 Å². The van der Waals surface area contributed by atoms with Crippen LogP contribution in [0.15, 0.2) is 29.2 Å². The fourth-order valence-electron chi connectivity index (χ4n) is 1.40. The third kappa shape index (κ3) is 4.66. The van der Waals surface area contributed by atoms with E-state index in [0.717, 1.165) is 19.3 Å². The van der Waals surface area contributed by atoms with Gasteiger partial charge in [0, 0.05) is 6.54 Å². The molecule has 0 radical (unpaired) electrons. The lowest BCUT2D eigenvalue weighted by atomic mass is 10.3. The van der Waals surface area contributed by atoms with E-state index in [-0.39, 0.29) is 4.90 Å². The van der Waals surface area contributed by atoms with E-state index in [1.165, 1.54) is 0 Å². The summed E-state index contributed by atoms with van der Waals surface area (Å²) in [5.41, 5.74) is 0. The molecule has 0 saturated heterocycles. The van der Waals surface area contributed by atoms with E-state index in [2.05, 4.69) is 4.72 Å². The molecule has 1 rings (SSSR count).